The Morgan fingerprint density at radius 2 is 2.24 bits per heavy atom. The van der Waals surface area contributed by atoms with Crippen LogP contribution >= 0.6 is 11.5 Å². The summed E-state index contributed by atoms with van der Waals surface area (Å²) in [6, 6.07) is 0. The molecule has 0 unspecified atom stereocenters. The van der Waals surface area contributed by atoms with E-state index in [1.807, 2.05) is 0 Å². The van der Waals surface area contributed by atoms with Crippen molar-refractivity contribution in [3.05, 3.63) is 10.6 Å². The third-order valence-corrected chi connectivity index (χ3v) is 5.17. The quantitative estimate of drug-likeness (QED) is 0.339. The van der Waals surface area contributed by atoms with Gasteiger partial charge in [0.1, 0.15) is 10.4 Å². The number of oxime groups is 1. The highest BCUT2D eigenvalue weighted by Crippen LogP contribution is 2.34. The first-order valence-electron chi connectivity index (χ1n) is 7.12. The van der Waals surface area contributed by atoms with Crippen molar-refractivity contribution in [2.24, 2.45) is 16.8 Å². The van der Waals surface area contributed by atoms with Gasteiger partial charge >= 0.3 is 0 Å². The zero-order chi connectivity index (χ0) is 15.5. The molecule has 1 heterocycles. The van der Waals surface area contributed by atoms with Crippen molar-refractivity contribution in [3.63, 3.8) is 0 Å². The lowest BCUT2D eigenvalue weighted by Gasteiger charge is -2.39. The highest BCUT2D eigenvalue weighted by atomic mass is 32.1. The number of hydrogen-bond donors (Lipinski definition) is 3. The zero-order valence-electron chi connectivity index (χ0n) is 12.3. The van der Waals surface area contributed by atoms with Gasteiger partial charge in [0.25, 0.3) is 5.91 Å². The predicted octanol–water partition coefficient (Wildman–Crippen LogP) is 1.66. The Kier molecular flexibility index (Phi) is 4.76. The van der Waals surface area contributed by atoms with Gasteiger partial charge in [-0.3, -0.25) is 4.79 Å². The van der Waals surface area contributed by atoms with Crippen LogP contribution in [0.5, 0.6) is 0 Å². The second-order valence-corrected chi connectivity index (χ2v) is 6.31. The highest BCUT2D eigenvalue weighted by molar-refractivity contribution is 7.08. The molecule has 0 radical (unpaired) electrons. The summed E-state index contributed by atoms with van der Waals surface area (Å²) < 4.78 is 3.77. The normalized spacial score (nSPS) is 26.6. The molecule has 116 valence electrons. The van der Waals surface area contributed by atoms with Crippen molar-refractivity contribution in [2.45, 2.75) is 51.5 Å². The van der Waals surface area contributed by atoms with Crippen molar-refractivity contribution in [2.75, 3.05) is 0 Å². The number of carbonyl (C=O) groups excluding carboxylic acids is 1. The fourth-order valence-corrected chi connectivity index (χ4v) is 3.39. The van der Waals surface area contributed by atoms with E-state index in [1.54, 1.807) is 6.92 Å². The Bertz CT molecular complexity index is 534. The molecule has 21 heavy (non-hydrogen) atoms. The first kappa shape index (κ1) is 15.7. The van der Waals surface area contributed by atoms with Gasteiger partial charge in [0.15, 0.2) is 5.84 Å². The minimum Gasteiger partial charge on any atom is -0.409 e. The van der Waals surface area contributed by atoms with Gasteiger partial charge in [-0.1, -0.05) is 23.0 Å². The number of hydrogen-bond acceptors (Lipinski definition) is 6. The lowest BCUT2D eigenvalue weighted by molar-refractivity contribution is 0.0898. The average Bonchev–Trinajstić information content (AvgIpc) is 2.93. The number of amidine groups is 1. The van der Waals surface area contributed by atoms with Gasteiger partial charge in [0.2, 0.25) is 0 Å². The van der Waals surface area contributed by atoms with E-state index in [0.29, 0.717) is 29.3 Å². The second kappa shape index (κ2) is 6.38. The van der Waals surface area contributed by atoms with E-state index in [1.165, 1.54) is 0 Å². The Balaban J connectivity index is 2.18. The molecule has 1 aliphatic carbocycles. The van der Waals surface area contributed by atoms with E-state index in [-0.39, 0.29) is 11.7 Å². The third-order valence-electron chi connectivity index (χ3n) is 4.34. The van der Waals surface area contributed by atoms with Crippen LogP contribution in [0, 0.1) is 12.8 Å². The van der Waals surface area contributed by atoms with E-state index in [0.717, 1.165) is 30.8 Å². The van der Waals surface area contributed by atoms with Crippen molar-refractivity contribution in [3.8, 4) is 0 Å². The van der Waals surface area contributed by atoms with Crippen molar-refractivity contribution in [1.29, 1.82) is 0 Å². The van der Waals surface area contributed by atoms with Crippen molar-refractivity contribution < 1.29 is 10.0 Å². The highest BCUT2D eigenvalue weighted by Gasteiger charge is 2.41. The molecule has 8 heteroatoms. The lowest BCUT2D eigenvalue weighted by atomic mass is 9.75. The molecule has 0 atom stereocenters. The first-order valence-corrected chi connectivity index (χ1v) is 7.89. The molecule has 0 saturated heterocycles. The van der Waals surface area contributed by atoms with Crippen molar-refractivity contribution in [1.82, 2.24) is 14.9 Å². The molecule has 1 saturated carbocycles. The van der Waals surface area contributed by atoms with E-state index < -0.39 is 5.54 Å². The van der Waals surface area contributed by atoms with Gasteiger partial charge in [-0.25, -0.2) is 0 Å². The van der Waals surface area contributed by atoms with Gasteiger partial charge in [0, 0.05) is 0 Å². The number of nitrogens with two attached hydrogens (primary N) is 1. The van der Waals surface area contributed by atoms with Gasteiger partial charge in [-0.15, -0.1) is 5.10 Å². The molecule has 1 amide bonds. The zero-order valence-corrected chi connectivity index (χ0v) is 13.1. The summed E-state index contributed by atoms with van der Waals surface area (Å²) in [4.78, 5) is 12.9. The van der Waals surface area contributed by atoms with Gasteiger partial charge < -0.3 is 16.3 Å². The Labute approximate surface area is 127 Å². The summed E-state index contributed by atoms with van der Waals surface area (Å²) in [6.45, 7) is 3.90. The van der Waals surface area contributed by atoms with E-state index in [4.69, 9.17) is 10.9 Å². The number of aryl methyl sites for hydroxylation is 1. The maximum absolute atomic E-state index is 12.4. The molecule has 0 aliphatic heterocycles. The van der Waals surface area contributed by atoms with Crippen LogP contribution in [0.2, 0.25) is 0 Å². The van der Waals surface area contributed by atoms with Crippen LogP contribution < -0.4 is 11.1 Å². The van der Waals surface area contributed by atoms with Gasteiger partial charge in [0.05, 0.1) is 5.69 Å². The minimum absolute atomic E-state index is 0.0699. The number of amides is 1. The third kappa shape index (κ3) is 3.15. The molecule has 0 bridgehead atoms. The fraction of sp³-hybridized carbons (Fsp3) is 0.692. The molecule has 2 rings (SSSR count). The molecule has 1 fully saturated rings. The van der Waals surface area contributed by atoms with Gasteiger partial charge in [-0.2, -0.15) is 0 Å². The standard InChI is InChI=1S/C13H21N5O2S/c1-3-9-4-6-13(7-5-9,12(14)17-20)15-11(19)10-8(2)16-18-21-10/h9,20H,3-7H2,1-2H3,(H2,14,17)(H,15,19). The van der Waals surface area contributed by atoms with Crippen LogP contribution in [-0.4, -0.2) is 32.1 Å². The number of rotatable bonds is 4. The molecule has 1 aromatic rings. The summed E-state index contributed by atoms with van der Waals surface area (Å²) >= 11 is 1.05. The van der Waals surface area contributed by atoms with Gasteiger partial charge in [-0.05, 0) is 50.1 Å². The summed E-state index contributed by atoms with van der Waals surface area (Å²) in [5.41, 5.74) is 5.69. The SMILES string of the molecule is CCC1CCC(NC(=O)c2snnc2C)(C(N)=NO)CC1. The van der Waals surface area contributed by atoms with Crippen LogP contribution in [0.15, 0.2) is 5.16 Å². The number of nitrogens with zero attached hydrogens (tertiary/aromatic N) is 3. The van der Waals surface area contributed by atoms with Crippen LogP contribution in [-0.2, 0) is 0 Å². The number of aromatic nitrogens is 2. The molecule has 1 aromatic heterocycles. The van der Waals surface area contributed by atoms with Crippen LogP contribution in [0.25, 0.3) is 0 Å². The Morgan fingerprint density at radius 3 is 2.71 bits per heavy atom. The number of carbonyl (C=O) groups is 1. The predicted molar refractivity (Wildman–Crippen MR) is 80.5 cm³/mol. The van der Waals surface area contributed by atoms with Crippen LogP contribution in [0.4, 0.5) is 0 Å². The van der Waals surface area contributed by atoms with E-state index in [2.05, 4.69) is 27.0 Å². The maximum Gasteiger partial charge on any atom is 0.265 e. The van der Waals surface area contributed by atoms with Crippen LogP contribution in [0.1, 0.15) is 54.4 Å². The topological polar surface area (TPSA) is 113 Å². The molecular formula is C13H21N5O2S. The summed E-state index contributed by atoms with van der Waals surface area (Å²) in [5.74, 6) is 0.443. The van der Waals surface area contributed by atoms with E-state index >= 15 is 0 Å². The fourth-order valence-electron chi connectivity index (χ4n) is 2.83. The molecule has 7 nitrogen and oxygen atoms in total. The molecular weight excluding hydrogens is 290 g/mol. The molecule has 0 spiro atoms. The molecule has 0 aromatic carbocycles. The van der Waals surface area contributed by atoms with Crippen LogP contribution in [0.3, 0.4) is 0 Å². The minimum atomic E-state index is -0.770. The molecule has 1 aliphatic rings. The maximum atomic E-state index is 12.4. The smallest absolute Gasteiger partial charge is 0.265 e. The monoisotopic (exact) mass is 311 g/mol. The largest absolute Gasteiger partial charge is 0.409 e. The summed E-state index contributed by atoms with van der Waals surface area (Å²) in [5, 5.41) is 19.0. The first-order chi connectivity index (χ1) is 10.0. The molecule has 4 N–H and O–H groups in total. The Morgan fingerprint density at radius 1 is 1.57 bits per heavy atom. The lowest BCUT2D eigenvalue weighted by Crippen LogP contribution is -2.59. The second-order valence-electron chi connectivity index (χ2n) is 5.56. The average molecular weight is 311 g/mol. The number of nitrogens with one attached hydrogen (secondary N) is 1. The summed E-state index contributed by atoms with van der Waals surface area (Å²) in [6.07, 6.45) is 4.37. The van der Waals surface area contributed by atoms with Crippen molar-refractivity contribution >= 4 is 23.3 Å². The Hall–Kier alpha value is -1.70. The van der Waals surface area contributed by atoms with E-state index in [9.17, 15) is 4.79 Å². The summed E-state index contributed by atoms with van der Waals surface area (Å²) in [7, 11) is 0.